The number of carbonyl (C=O) groups is 2. The van der Waals surface area contributed by atoms with E-state index in [0.717, 1.165) is 11.8 Å². The molecular weight excluding hydrogens is 244 g/mol. The van der Waals surface area contributed by atoms with Gasteiger partial charge in [-0.15, -0.1) is 0 Å². The highest BCUT2D eigenvalue weighted by molar-refractivity contribution is 5.77. The molecule has 104 valence electrons. The number of aldehydes is 1. The molecule has 1 aromatic rings. The Labute approximate surface area is 113 Å². The molecule has 0 heterocycles. The minimum Gasteiger partial charge on any atom is -0.465 e. The summed E-state index contributed by atoms with van der Waals surface area (Å²) in [4.78, 5) is 22.5. The molecular formula is C14H20N2O3. The van der Waals surface area contributed by atoms with E-state index in [-0.39, 0.29) is 5.97 Å². The van der Waals surface area contributed by atoms with E-state index in [9.17, 15) is 9.59 Å². The zero-order valence-electron chi connectivity index (χ0n) is 11.3. The fourth-order valence-electron chi connectivity index (χ4n) is 1.70. The summed E-state index contributed by atoms with van der Waals surface area (Å²) in [5, 5.41) is 2.94. The van der Waals surface area contributed by atoms with E-state index < -0.39 is 12.1 Å². The van der Waals surface area contributed by atoms with Crippen molar-refractivity contribution in [3.8, 4) is 0 Å². The molecule has 0 saturated heterocycles. The first kappa shape index (κ1) is 15.2. The Kier molecular flexibility index (Phi) is 6.02. The van der Waals surface area contributed by atoms with E-state index >= 15 is 0 Å². The molecule has 0 amide bonds. The Hall–Kier alpha value is -1.88. The quantitative estimate of drug-likeness (QED) is 0.435. The van der Waals surface area contributed by atoms with Crippen LogP contribution in [0.15, 0.2) is 24.3 Å². The minimum absolute atomic E-state index is 0.314. The van der Waals surface area contributed by atoms with Crippen LogP contribution in [0, 0.1) is 0 Å². The molecule has 0 aliphatic heterocycles. The van der Waals surface area contributed by atoms with E-state index in [1.54, 1.807) is 26.0 Å². The molecule has 0 saturated carbocycles. The first-order chi connectivity index (χ1) is 9.06. The van der Waals surface area contributed by atoms with E-state index in [0.29, 0.717) is 18.7 Å². The zero-order chi connectivity index (χ0) is 14.3. The third kappa shape index (κ3) is 5.09. The van der Waals surface area contributed by atoms with Gasteiger partial charge in [-0.2, -0.15) is 0 Å². The maximum atomic E-state index is 11.8. The lowest BCUT2D eigenvalue weighted by molar-refractivity contribution is -0.145. The zero-order valence-corrected chi connectivity index (χ0v) is 11.3. The summed E-state index contributed by atoms with van der Waals surface area (Å²) in [5.74, 6) is -0.354. The van der Waals surface area contributed by atoms with Gasteiger partial charge in [-0.05, 0) is 38.0 Å². The lowest BCUT2D eigenvalue weighted by atomic mass is 10.0. The highest BCUT2D eigenvalue weighted by Crippen LogP contribution is 2.09. The van der Waals surface area contributed by atoms with Gasteiger partial charge in [-0.1, -0.05) is 12.1 Å². The van der Waals surface area contributed by atoms with E-state index in [4.69, 9.17) is 10.5 Å². The molecule has 1 unspecified atom stereocenters. The van der Waals surface area contributed by atoms with Crippen molar-refractivity contribution in [2.24, 2.45) is 0 Å². The van der Waals surface area contributed by atoms with Crippen molar-refractivity contribution in [3.05, 3.63) is 29.8 Å². The molecule has 1 rings (SSSR count). The fraction of sp³-hybridized carbons (Fsp3) is 0.429. The highest BCUT2D eigenvalue weighted by Gasteiger charge is 2.21. The second-order valence-corrected chi connectivity index (χ2v) is 4.34. The predicted molar refractivity (Wildman–Crippen MR) is 73.6 cm³/mol. The van der Waals surface area contributed by atoms with Crippen molar-refractivity contribution in [3.63, 3.8) is 0 Å². The summed E-state index contributed by atoms with van der Waals surface area (Å²) in [5.41, 5.74) is 7.24. The topological polar surface area (TPSA) is 81.4 Å². The van der Waals surface area contributed by atoms with Crippen LogP contribution < -0.4 is 11.1 Å². The Bertz CT molecular complexity index is 417. The van der Waals surface area contributed by atoms with Gasteiger partial charge in [0.15, 0.2) is 0 Å². The monoisotopic (exact) mass is 264 g/mol. The molecule has 5 heteroatoms. The number of esters is 1. The number of anilines is 1. The maximum absolute atomic E-state index is 11.8. The molecule has 2 atom stereocenters. The molecule has 0 fully saturated rings. The lowest BCUT2D eigenvalue weighted by Gasteiger charge is -2.19. The van der Waals surface area contributed by atoms with Crippen molar-refractivity contribution in [1.29, 1.82) is 0 Å². The SMILES string of the molecule is CCOC(=O)C(Cc1ccc(N)cc1)N[C@@H](C)C=O. The van der Waals surface area contributed by atoms with Crippen LogP contribution >= 0.6 is 0 Å². The number of benzene rings is 1. The number of rotatable bonds is 7. The van der Waals surface area contributed by atoms with Gasteiger partial charge in [-0.3, -0.25) is 10.1 Å². The molecule has 0 bridgehead atoms. The Morgan fingerprint density at radius 2 is 2.05 bits per heavy atom. The molecule has 3 N–H and O–H groups in total. The van der Waals surface area contributed by atoms with Crippen molar-refractivity contribution in [1.82, 2.24) is 5.32 Å². The van der Waals surface area contributed by atoms with Gasteiger partial charge in [0.1, 0.15) is 12.3 Å². The third-order valence-corrected chi connectivity index (χ3v) is 2.66. The van der Waals surface area contributed by atoms with Gasteiger partial charge >= 0.3 is 5.97 Å². The van der Waals surface area contributed by atoms with E-state index in [2.05, 4.69) is 5.32 Å². The first-order valence-corrected chi connectivity index (χ1v) is 6.29. The van der Waals surface area contributed by atoms with Crippen molar-refractivity contribution < 1.29 is 14.3 Å². The number of ether oxygens (including phenoxy) is 1. The molecule has 19 heavy (non-hydrogen) atoms. The Morgan fingerprint density at radius 1 is 1.42 bits per heavy atom. The van der Waals surface area contributed by atoms with Crippen LogP contribution in [-0.2, 0) is 20.7 Å². The standard InChI is InChI=1S/C14H20N2O3/c1-3-19-14(18)13(16-10(2)9-17)8-11-4-6-12(15)7-5-11/h4-7,9-10,13,16H,3,8,15H2,1-2H3/t10-,13?/m0/s1. The van der Waals surface area contributed by atoms with Gasteiger partial charge in [0.2, 0.25) is 0 Å². The van der Waals surface area contributed by atoms with Crippen LogP contribution in [0.2, 0.25) is 0 Å². The van der Waals surface area contributed by atoms with Gasteiger partial charge < -0.3 is 15.3 Å². The largest absolute Gasteiger partial charge is 0.465 e. The van der Waals surface area contributed by atoms with E-state index in [1.165, 1.54) is 0 Å². The van der Waals surface area contributed by atoms with Crippen molar-refractivity contribution in [2.45, 2.75) is 32.4 Å². The fourth-order valence-corrected chi connectivity index (χ4v) is 1.70. The third-order valence-electron chi connectivity index (χ3n) is 2.66. The van der Waals surface area contributed by atoms with Gasteiger partial charge in [0.05, 0.1) is 12.6 Å². The number of nitrogen functional groups attached to an aromatic ring is 1. The number of hydrogen-bond acceptors (Lipinski definition) is 5. The number of nitrogens with one attached hydrogen (secondary N) is 1. The van der Waals surface area contributed by atoms with Crippen molar-refractivity contribution >= 4 is 17.9 Å². The molecule has 0 aliphatic carbocycles. The number of nitrogens with two attached hydrogens (primary N) is 1. The summed E-state index contributed by atoms with van der Waals surface area (Å²) in [6, 6.07) is 6.33. The smallest absolute Gasteiger partial charge is 0.323 e. The van der Waals surface area contributed by atoms with Crippen LogP contribution in [0.25, 0.3) is 0 Å². The summed E-state index contributed by atoms with van der Waals surface area (Å²) >= 11 is 0. The Morgan fingerprint density at radius 3 is 2.58 bits per heavy atom. The molecule has 0 spiro atoms. The second kappa shape index (κ2) is 7.53. The highest BCUT2D eigenvalue weighted by atomic mass is 16.5. The average molecular weight is 264 g/mol. The first-order valence-electron chi connectivity index (χ1n) is 6.29. The molecule has 0 aliphatic rings. The normalized spacial score (nSPS) is 13.6. The van der Waals surface area contributed by atoms with Crippen LogP contribution in [0.4, 0.5) is 5.69 Å². The summed E-state index contributed by atoms with van der Waals surface area (Å²) < 4.78 is 5.00. The summed E-state index contributed by atoms with van der Waals surface area (Å²) in [6.45, 7) is 3.76. The molecule has 0 aromatic heterocycles. The van der Waals surface area contributed by atoms with Crippen LogP contribution in [0.1, 0.15) is 19.4 Å². The number of carbonyl (C=O) groups excluding carboxylic acids is 2. The molecule has 0 radical (unpaired) electrons. The lowest BCUT2D eigenvalue weighted by Crippen LogP contribution is -2.45. The summed E-state index contributed by atoms with van der Waals surface area (Å²) in [7, 11) is 0. The minimum atomic E-state index is -0.538. The van der Waals surface area contributed by atoms with Crippen LogP contribution in [0.5, 0.6) is 0 Å². The van der Waals surface area contributed by atoms with Crippen LogP contribution in [0.3, 0.4) is 0 Å². The van der Waals surface area contributed by atoms with Crippen LogP contribution in [-0.4, -0.2) is 30.9 Å². The van der Waals surface area contributed by atoms with Crippen molar-refractivity contribution in [2.75, 3.05) is 12.3 Å². The predicted octanol–water partition coefficient (Wildman–Crippen LogP) is 0.920. The van der Waals surface area contributed by atoms with Gasteiger partial charge in [0, 0.05) is 5.69 Å². The molecule has 1 aromatic carbocycles. The second-order valence-electron chi connectivity index (χ2n) is 4.34. The van der Waals surface area contributed by atoms with E-state index in [1.807, 2.05) is 12.1 Å². The number of hydrogen-bond donors (Lipinski definition) is 2. The summed E-state index contributed by atoms with van der Waals surface area (Å²) in [6.07, 6.45) is 1.21. The van der Waals surface area contributed by atoms with Gasteiger partial charge in [-0.25, -0.2) is 0 Å². The maximum Gasteiger partial charge on any atom is 0.323 e. The average Bonchev–Trinajstić information content (AvgIpc) is 2.40. The molecule has 5 nitrogen and oxygen atoms in total. The van der Waals surface area contributed by atoms with Gasteiger partial charge in [0.25, 0.3) is 0 Å². The Balaban J connectivity index is 2.75.